The van der Waals surface area contributed by atoms with Crippen LogP contribution in [0, 0.1) is 0 Å². The van der Waals surface area contributed by atoms with Gasteiger partial charge in [0.15, 0.2) is 6.29 Å². The first-order valence-corrected chi connectivity index (χ1v) is 3.92. The highest BCUT2D eigenvalue weighted by atomic mass is 16.4. The summed E-state index contributed by atoms with van der Waals surface area (Å²) in [5.41, 5.74) is 4.67. The van der Waals surface area contributed by atoms with Crippen molar-refractivity contribution in [1.29, 1.82) is 0 Å². The highest BCUT2D eigenvalue weighted by molar-refractivity contribution is 5.80. The topological polar surface area (TPSA) is 93.3 Å². The number of aliphatic carboxylic acids is 1. The van der Waals surface area contributed by atoms with E-state index in [1.807, 2.05) is 0 Å². The Kier molecular flexibility index (Phi) is 2.62. The third-order valence-electron chi connectivity index (χ3n) is 1.95. The highest BCUT2D eigenvalue weighted by Crippen LogP contribution is 2.16. The summed E-state index contributed by atoms with van der Waals surface area (Å²) in [7, 11) is 0. The molecule has 0 aliphatic heterocycles. The number of nitrogens with zero attached hydrogens (tertiary/aromatic N) is 1. The molecule has 1 rings (SSSR count). The number of carboxylic acids is 1. The lowest BCUT2D eigenvalue weighted by molar-refractivity contribution is -0.143. The first-order valence-electron chi connectivity index (χ1n) is 3.92. The van der Waals surface area contributed by atoms with Crippen molar-refractivity contribution in [3.63, 3.8) is 0 Å². The van der Waals surface area contributed by atoms with Gasteiger partial charge in [-0.1, -0.05) is 6.07 Å². The van der Waals surface area contributed by atoms with Crippen LogP contribution in [-0.4, -0.2) is 22.3 Å². The molecule has 1 aromatic rings. The molecule has 0 aromatic carbocycles. The van der Waals surface area contributed by atoms with Gasteiger partial charge >= 0.3 is 5.97 Å². The number of carbonyl (C=O) groups excluding carboxylic acids is 1. The highest BCUT2D eigenvalue weighted by Gasteiger charge is 2.30. The van der Waals surface area contributed by atoms with Crippen LogP contribution < -0.4 is 5.73 Å². The lowest BCUT2D eigenvalue weighted by Gasteiger charge is -2.18. The molecule has 0 radical (unpaired) electrons. The van der Waals surface area contributed by atoms with Crippen molar-refractivity contribution in [2.45, 2.75) is 12.5 Å². The Hall–Kier alpha value is -1.75. The van der Waals surface area contributed by atoms with Crippen molar-refractivity contribution in [2.75, 3.05) is 0 Å². The Morgan fingerprint density at radius 1 is 1.64 bits per heavy atom. The number of pyridine rings is 1. The van der Waals surface area contributed by atoms with Gasteiger partial charge < -0.3 is 10.8 Å². The average molecular weight is 194 g/mol. The van der Waals surface area contributed by atoms with Gasteiger partial charge in [-0.05, 0) is 13.0 Å². The number of aldehydes is 1. The largest absolute Gasteiger partial charge is 0.480 e. The number of rotatable bonds is 3. The maximum absolute atomic E-state index is 10.8. The number of aromatic nitrogens is 1. The molecule has 0 amide bonds. The van der Waals surface area contributed by atoms with Crippen LogP contribution in [0.5, 0.6) is 0 Å². The maximum atomic E-state index is 10.8. The number of nitrogens with two attached hydrogens (primary N) is 1. The summed E-state index contributed by atoms with van der Waals surface area (Å²) in [6.07, 6.45) is 1.87. The predicted octanol–water partition coefficient (Wildman–Crippen LogP) is 0.153. The minimum atomic E-state index is -1.48. The third-order valence-corrected chi connectivity index (χ3v) is 1.95. The van der Waals surface area contributed by atoms with E-state index in [-0.39, 0.29) is 5.69 Å². The van der Waals surface area contributed by atoms with Gasteiger partial charge in [0, 0.05) is 11.8 Å². The van der Waals surface area contributed by atoms with Gasteiger partial charge in [0.1, 0.15) is 11.2 Å². The van der Waals surface area contributed by atoms with E-state index in [4.69, 9.17) is 10.8 Å². The van der Waals surface area contributed by atoms with E-state index in [1.165, 1.54) is 25.3 Å². The maximum Gasteiger partial charge on any atom is 0.328 e. The molecular weight excluding hydrogens is 184 g/mol. The molecule has 1 heterocycles. The van der Waals surface area contributed by atoms with E-state index in [0.717, 1.165) is 0 Å². The normalized spacial score (nSPS) is 14.4. The third kappa shape index (κ3) is 1.77. The number of hydrogen-bond donors (Lipinski definition) is 2. The molecule has 0 saturated heterocycles. The van der Waals surface area contributed by atoms with Gasteiger partial charge in [0.25, 0.3) is 0 Å². The zero-order valence-electron chi connectivity index (χ0n) is 7.60. The van der Waals surface area contributed by atoms with E-state index in [1.54, 1.807) is 0 Å². The Bertz CT molecular complexity index is 357. The molecular formula is C9H10N2O3. The molecule has 0 fully saturated rings. The van der Waals surface area contributed by atoms with Crippen LogP contribution in [0.1, 0.15) is 23.0 Å². The van der Waals surface area contributed by atoms with Crippen LogP contribution >= 0.6 is 0 Å². The Morgan fingerprint density at radius 2 is 2.29 bits per heavy atom. The Labute approximate surface area is 80.6 Å². The molecule has 5 nitrogen and oxygen atoms in total. The minimum absolute atomic E-state index is 0.245. The molecule has 3 N–H and O–H groups in total. The molecule has 0 aliphatic carbocycles. The Morgan fingerprint density at radius 3 is 2.64 bits per heavy atom. The zero-order chi connectivity index (χ0) is 10.8. The summed E-state index contributed by atoms with van der Waals surface area (Å²) in [6, 6.07) is 2.90. The fourth-order valence-electron chi connectivity index (χ4n) is 0.906. The lowest BCUT2D eigenvalue weighted by atomic mass is 9.95. The monoisotopic (exact) mass is 194 g/mol. The van der Waals surface area contributed by atoms with Crippen molar-refractivity contribution in [3.05, 3.63) is 29.6 Å². The summed E-state index contributed by atoms with van der Waals surface area (Å²) in [5, 5.41) is 8.80. The van der Waals surface area contributed by atoms with Gasteiger partial charge in [-0.15, -0.1) is 0 Å². The molecule has 0 bridgehead atoms. The fraction of sp³-hybridized carbons (Fsp3) is 0.222. The van der Waals surface area contributed by atoms with Crippen LogP contribution in [0.15, 0.2) is 18.3 Å². The predicted molar refractivity (Wildman–Crippen MR) is 48.8 cm³/mol. The second-order valence-corrected chi connectivity index (χ2v) is 3.10. The molecule has 1 aromatic heterocycles. The van der Waals surface area contributed by atoms with Crippen LogP contribution in [0.2, 0.25) is 0 Å². The molecule has 5 heteroatoms. The molecule has 0 unspecified atom stereocenters. The smallest absolute Gasteiger partial charge is 0.328 e. The SMILES string of the molecule is C[C@](N)(C(=O)O)c1ccc(C=O)nc1. The summed E-state index contributed by atoms with van der Waals surface area (Å²) in [4.78, 5) is 24.8. The van der Waals surface area contributed by atoms with E-state index in [2.05, 4.69) is 4.98 Å². The quantitative estimate of drug-likeness (QED) is 0.668. The van der Waals surface area contributed by atoms with Crippen molar-refractivity contribution in [1.82, 2.24) is 4.98 Å². The average Bonchev–Trinajstić information content (AvgIpc) is 2.17. The lowest BCUT2D eigenvalue weighted by Crippen LogP contribution is -2.41. The summed E-state index contributed by atoms with van der Waals surface area (Å²) >= 11 is 0. The van der Waals surface area contributed by atoms with Gasteiger partial charge in [0.2, 0.25) is 0 Å². The van der Waals surface area contributed by atoms with E-state index in [9.17, 15) is 9.59 Å². The molecule has 14 heavy (non-hydrogen) atoms. The molecule has 74 valence electrons. The summed E-state index contributed by atoms with van der Waals surface area (Å²) in [6.45, 7) is 1.37. The Balaban J connectivity index is 3.08. The summed E-state index contributed by atoms with van der Waals surface area (Å²) < 4.78 is 0. The second-order valence-electron chi connectivity index (χ2n) is 3.10. The molecule has 0 spiro atoms. The standard InChI is InChI=1S/C9H10N2O3/c1-9(10,8(13)14)6-2-3-7(5-12)11-4-6/h2-5H,10H2,1H3,(H,13,14)/t9-/m1/s1. The van der Waals surface area contributed by atoms with E-state index < -0.39 is 11.5 Å². The van der Waals surface area contributed by atoms with Crippen LogP contribution in [0.3, 0.4) is 0 Å². The first-order chi connectivity index (χ1) is 6.48. The van der Waals surface area contributed by atoms with Crippen LogP contribution in [-0.2, 0) is 10.3 Å². The first kappa shape index (κ1) is 10.3. The number of carboxylic acid groups (broad SMARTS) is 1. The van der Waals surface area contributed by atoms with Crippen molar-refractivity contribution in [2.24, 2.45) is 5.73 Å². The number of carbonyl (C=O) groups is 2. The van der Waals surface area contributed by atoms with Crippen LogP contribution in [0.4, 0.5) is 0 Å². The van der Waals surface area contributed by atoms with Crippen molar-refractivity contribution >= 4 is 12.3 Å². The molecule has 0 saturated carbocycles. The zero-order valence-corrected chi connectivity index (χ0v) is 7.60. The second kappa shape index (κ2) is 3.55. The molecule has 0 aliphatic rings. The van der Waals surface area contributed by atoms with Gasteiger partial charge in [-0.25, -0.2) is 4.79 Å². The molecule has 1 atom stereocenters. The van der Waals surface area contributed by atoms with Crippen molar-refractivity contribution in [3.8, 4) is 0 Å². The minimum Gasteiger partial charge on any atom is -0.480 e. The van der Waals surface area contributed by atoms with Gasteiger partial charge in [-0.3, -0.25) is 9.78 Å². The number of hydrogen-bond acceptors (Lipinski definition) is 4. The van der Waals surface area contributed by atoms with E-state index in [0.29, 0.717) is 11.8 Å². The van der Waals surface area contributed by atoms with Crippen LogP contribution in [0.25, 0.3) is 0 Å². The van der Waals surface area contributed by atoms with E-state index >= 15 is 0 Å². The fourth-order valence-corrected chi connectivity index (χ4v) is 0.906. The van der Waals surface area contributed by atoms with Gasteiger partial charge in [-0.2, -0.15) is 0 Å². The summed E-state index contributed by atoms with van der Waals surface area (Å²) in [5.74, 6) is -1.14. The van der Waals surface area contributed by atoms with Crippen molar-refractivity contribution < 1.29 is 14.7 Å². The van der Waals surface area contributed by atoms with Gasteiger partial charge in [0.05, 0.1) is 0 Å².